The van der Waals surface area contributed by atoms with Crippen molar-refractivity contribution in [2.45, 2.75) is 31.7 Å². The van der Waals surface area contributed by atoms with Gasteiger partial charge >= 0.3 is 5.69 Å². The Morgan fingerprint density at radius 3 is 2.94 bits per heavy atom. The van der Waals surface area contributed by atoms with Gasteiger partial charge in [-0.05, 0) is 12.8 Å². The van der Waals surface area contributed by atoms with Crippen LogP contribution >= 0.6 is 0 Å². The fourth-order valence-electron chi connectivity index (χ4n) is 1.79. The molecule has 0 spiro atoms. The summed E-state index contributed by atoms with van der Waals surface area (Å²) in [6.45, 7) is 0.467. The monoisotopic (exact) mass is 247 g/mol. The van der Waals surface area contributed by atoms with Crippen LogP contribution in [-0.4, -0.2) is 24.7 Å². The van der Waals surface area contributed by atoms with Gasteiger partial charge in [-0.3, -0.25) is 14.9 Å². The molecule has 0 saturated heterocycles. The minimum absolute atomic E-state index is 0.382. The molecule has 1 aliphatic carbocycles. The van der Waals surface area contributed by atoms with Gasteiger partial charge in [-0.15, -0.1) is 0 Å². The number of nitrogens with zero attached hydrogens (tertiary/aromatic N) is 3. The smallest absolute Gasteiger partial charge is 0.300 e. The predicted molar refractivity (Wildman–Crippen MR) is 63.4 cm³/mol. The zero-order chi connectivity index (χ0) is 12.5. The molecule has 0 radical (unpaired) electrons. The molecule has 0 aromatic carbocycles. The Morgan fingerprint density at radius 2 is 2.22 bits per heavy atom. The van der Waals surface area contributed by atoms with Crippen LogP contribution in [0.1, 0.15) is 30.4 Å². The lowest BCUT2D eigenvalue weighted by Gasteiger charge is -2.01. The summed E-state index contributed by atoms with van der Waals surface area (Å²) >= 11 is 0. The average Bonchev–Trinajstić information content (AvgIpc) is 3.08. The molecular weight excluding hydrogens is 234 g/mol. The van der Waals surface area contributed by atoms with Crippen molar-refractivity contribution >= 4 is 0 Å². The highest BCUT2D eigenvalue weighted by atomic mass is 16.2. The van der Waals surface area contributed by atoms with Gasteiger partial charge in [-0.2, -0.15) is 5.10 Å². The van der Waals surface area contributed by atoms with Crippen LogP contribution in [0.15, 0.2) is 21.9 Å². The van der Waals surface area contributed by atoms with Crippen molar-refractivity contribution in [2.24, 2.45) is 0 Å². The average molecular weight is 247 g/mol. The number of aromatic nitrogens is 5. The van der Waals surface area contributed by atoms with Crippen LogP contribution in [0.2, 0.25) is 0 Å². The highest BCUT2D eigenvalue weighted by Crippen LogP contribution is 2.37. The normalized spacial score (nSPS) is 14.9. The van der Waals surface area contributed by atoms with Crippen molar-refractivity contribution in [1.29, 1.82) is 0 Å². The van der Waals surface area contributed by atoms with E-state index in [2.05, 4.69) is 20.2 Å². The third-order valence-corrected chi connectivity index (χ3v) is 2.98. The molecule has 0 amide bonds. The van der Waals surface area contributed by atoms with Crippen LogP contribution < -0.4 is 11.2 Å². The minimum atomic E-state index is -0.399. The minimum Gasteiger partial charge on any atom is -0.300 e. The maximum absolute atomic E-state index is 11.4. The maximum Gasteiger partial charge on any atom is 0.328 e. The number of rotatable bonds is 4. The number of hydrogen-bond donors (Lipinski definition) is 2. The molecule has 1 fully saturated rings. The van der Waals surface area contributed by atoms with Crippen molar-refractivity contribution in [3.8, 4) is 0 Å². The van der Waals surface area contributed by atoms with Gasteiger partial charge < -0.3 is 4.57 Å². The van der Waals surface area contributed by atoms with Gasteiger partial charge in [0.1, 0.15) is 5.82 Å². The second-order valence-electron chi connectivity index (χ2n) is 4.47. The summed E-state index contributed by atoms with van der Waals surface area (Å²) in [6.07, 6.45) is 4.40. The lowest BCUT2D eigenvalue weighted by Crippen LogP contribution is -2.29. The van der Waals surface area contributed by atoms with Gasteiger partial charge in [-0.25, -0.2) is 9.78 Å². The first-order valence-electron chi connectivity index (χ1n) is 5.93. The van der Waals surface area contributed by atoms with Crippen molar-refractivity contribution in [1.82, 2.24) is 24.7 Å². The summed E-state index contributed by atoms with van der Waals surface area (Å²) in [5.74, 6) is 2.17. The van der Waals surface area contributed by atoms with Gasteiger partial charge in [0, 0.05) is 31.1 Å². The van der Waals surface area contributed by atoms with E-state index in [0.717, 1.165) is 24.5 Å². The fourth-order valence-corrected chi connectivity index (χ4v) is 1.79. The van der Waals surface area contributed by atoms with Crippen molar-refractivity contribution in [3.05, 3.63) is 44.8 Å². The lowest BCUT2D eigenvalue weighted by molar-refractivity contribution is 0.629. The van der Waals surface area contributed by atoms with Crippen LogP contribution in [0, 0.1) is 0 Å². The maximum atomic E-state index is 11.4. The molecule has 94 valence electrons. The number of H-pyrrole nitrogens is 2. The first kappa shape index (κ1) is 10.9. The van der Waals surface area contributed by atoms with Crippen LogP contribution in [0.3, 0.4) is 0 Å². The van der Waals surface area contributed by atoms with Crippen molar-refractivity contribution < 1.29 is 0 Å². The molecule has 2 heterocycles. The Labute approximate surface area is 102 Å². The molecular formula is C11H13N5O2. The molecule has 7 heteroatoms. The van der Waals surface area contributed by atoms with E-state index in [9.17, 15) is 9.59 Å². The Bertz CT molecular complexity index is 664. The van der Waals surface area contributed by atoms with E-state index >= 15 is 0 Å². The van der Waals surface area contributed by atoms with Crippen LogP contribution in [0.4, 0.5) is 0 Å². The molecule has 7 nitrogen and oxygen atoms in total. The number of aromatic amines is 2. The second-order valence-corrected chi connectivity index (χ2v) is 4.47. The molecule has 18 heavy (non-hydrogen) atoms. The van der Waals surface area contributed by atoms with E-state index in [1.54, 1.807) is 0 Å². The van der Waals surface area contributed by atoms with Gasteiger partial charge in [0.05, 0.1) is 0 Å². The van der Waals surface area contributed by atoms with Crippen LogP contribution in [0.25, 0.3) is 0 Å². The molecule has 0 unspecified atom stereocenters. The van der Waals surface area contributed by atoms with E-state index in [0.29, 0.717) is 18.9 Å². The van der Waals surface area contributed by atoms with Crippen molar-refractivity contribution in [3.63, 3.8) is 0 Å². The summed E-state index contributed by atoms with van der Waals surface area (Å²) in [4.78, 5) is 28.9. The van der Waals surface area contributed by atoms with Gasteiger partial charge in [0.15, 0.2) is 5.82 Å². The molecule has 0 atom stereocenters. The molecule has 2 N–H and O–H groups in total. The summed E-state index contributed by atoms with van der Waals surface area (Å²) in [5, 5.41) is 7.03. The van der Waals surface area contributed by atoms with E-state index in [4.69, 9.17) is 0 Å². The Balaban J connectivity index is 1.69. The van der Waals surface area contributed by atoms with Crippen LogP contribution in [-0.2, 0) is 13.0 Å². The zero-order valence-electron chi connectivity index (χ0n) is 9.72. The SMILES string of the molecule is O=c1ccn(CCc2nc(C3CC3)n[nH]2)c(=O)[nH]1. The summed E-state index contributed by atoms with van der Waals surface area (Å²) < 4.78 is 1.45. The molecule has 2 aromatic heterocycles. The highest BCUT2D eigenvalue weighted by Gasteiger charge is 2.27. The number of nitrogens with one attached hydrogen (secondary N) is 2. The largest absolute Gasteiger partial charge is 0.328 e. The van der Waals surface area contributed by atoms with E-state index < -0.39 is 5.69 Å². The Morgan fingerprint density at radius 1 is 1.39 bits per heavy atom. The third kappa shape index (κ3) is 2.24. The number of aryl methyl sites for hydroxylation is 2. The summed E-state index contributed by atoms with van der Waals surface area (Å²) in [6, 6.07) is 1.33. The molecule has 1 aliphatic rings. The first-order valence-corrected chi connectivity index (χ1v) is 5.93. The van der Waals surface area contributed by atoms with Crippen LogP contribution in [0.5, 0.6) is 0 Å². The summed E-state index contributed by atoms with van der Waals surface area (Å²) in [5.41, 5.74) is -0.781. The predicted octanol–water partition coefficient (Wildman–Crippen LogP) is -0.225. The van der Waals surface area contributed by atoms with E-state index in [-0.39, 0.29) is 5.56 Å². The Hall–Kier alpha value is -2.18. The van der Waals surface area contributed by atoms with Crippen molar-refractivity contribution in [2.75, 3.05) is 0 Å². The topological polar surface area (TPSA) is 96.4 Å². The standard InChI is InChI=1S/C11H13N5O2/c17-9-4-6-16(11(18)13-9)5-3-8-12-10(15-14-8)7-1-2-7/h4,6-7H,1-3,5H2,(H,12,14,15)(H,13,17,18). The molecule has 2 aromatic rings. The third-order valence-electron chi connectivity index (χ3n) is 2.98. The quantitative estimate of drug-likeness (QED) is 0.780. The number of hydrogen-bond acceptors (Lipinski definition) is 4. The van der Waals surface area contributed by atoms with Gasteiger partial charge in [-0.1, -0.05) is 0 Å². The van der Waals surface area contributed by atoms with Gasteiger partial charge in [0.2, 0.25) is 0 Å². The van der Waals surface area contributed by atoms with E-state index in [1.807, 2.05) is 0 Å². The Kier molecular flexibility index (Phi) is 2.58. The molecule has 0 aliphatic heterocycles. The highest BCUT2D eigenvalue weighted by molar-refractivity contribution is 5.05. The second kappa shape index (κ2) is 4.25. The van der Waals surface area contributed by atoms with Gasteiger partial charge in [0.25, 0.3) is 5.56 Å². The first-order chi connectivity index (χ1) is 8.72. The molecule has 0 bridgehead atoms. The zero-order valence-corrected chi connectivity index (χ0v) is 9.72. The summed E-state index contributed by atoms with van der Waals surface area (Å²) in [7, 11) is 0. The molecule has 3 rings (SSSR count). The lowest BCUT2D eigenvalue weighted by atomic mass is 10.4. The molecule has 1 saturated carbocycles. The van der Waals surface area contributed by atoms with E-state index in [1.165, 1.54) is 16.8 Å². The fraction of sp³-hybridized carbons (Fsp3) is 0.455.